The number of rotatable bonds is 5. The van der Waals surface area contributed by atoms with E-state index in [1.807, 2.05) is 18.2 Å². The largest absolute Gasteiger partial charge is 0.496 e. The second-order valence-corrected chi connectivity index (χ2v) is 8.86. The highest BCUT2D eigenvalue weighted by Gasteiger charge is 2.38. The maximum atomic E-state index is 13.2. The van der Waals surface area contributed by atoms with Crippen LogP contribution in [0.1, 0.15) is 16.5 Å². The topological polar surface area (TPSA) is 89.8 Å². The van der Waals surface area contributed by atoms with E-state index in [1.165, 1.54) is 28.2 Å². The Balaban J connectivity index is 2.04. The summed E-state index contributed by atoms with van der Waals surface area (Å²) in [6, 6.07) is 11.3. The van der Waals surface area contributed by atoms with Gasteiger partial charge in [0.2, 0.25) is 10.0 Å². The fourth-order valence-corrected chi connectivity index (χ4v) is 6.18. The van der Waals surface area contributed by atoms with Gasteiger partial charge in [0, 0.05) is 29.5 Å². The number of benzene rings is 2. The summed E-state index contributed by atoms with van der Waals surface area (Å²) in [6.07, 6.45) is 0. The zero-order chi connectivity index (χ0) is 18.9. The normalized spacial score (nSPS) is 18.0. The Morgan fingerprint density at radius 1 is 1.27 bits per heavy atom. The van der Waals surface area contributed by atoms with E-state index in [0.29, 0.717) is 23.6 Å². The summed E-state index contributed by atoms with van der Waals surface area (Å²) >= 11 is 1.50. The molecule has 0 aromatic heterocycles. The lowest BCUT2D eigenvalue weighted by atomic mass is 10.2. The van der Waals surface area contributed by atoms with Crippen molar-refractivity contribution in [3.63, 3.8) is 0 Å². The Labute approximate surface area is 156 Å². The summed E-state index contributed by atoms with van der Waals surface area (Å²) < 4.78 is 33.1. The van der Waals surface area contributed by atoms with Crippen LogP contribution < -0.4 is 4.74 Å². The summed E-state index contributed by atoms with van der Waals surface area (Å²) in [7, 11) is -2.34. The van der Waals surface area contributed by atoms with Crippen molar-refractivity contribution < 1.29 is 18.1 Å². The number of ether oxygens (including phenoxy) is 1. The Hall–Kier alpha value is -2.10. The maximum Gasteiger partial charge on any atom is 0.273 e. The fourth-order valence-electron chi connectivity index (χ4n) is 2.90. The van der Waals surface area contributed by atoms with Gasteiger partial charge in [0.25, 0.3) is 5.69 Å². The number of nitro groups is 1. The Kier molecular flexibility index (Phi) is 5.22. The van der Waals surface area contributed by atoms with Gasteiger partial charge in [-0.05, 0) is 19.1 Å². The molecule has 0 saturated carbocycles. The molecule has 1 atom stereocenters. The molecule has 138 valence electrons. The van der Waals surface area contributed by atoms with E-state index < -0.39 is 20.3 Å². The number of sulfonamides is 1. The monoisotopic (exact) mass is 394 g/mol. The van der Waals surface area contributed by atoms with Crippen molar-refractivity contribution in [1.82, 2.24) is 4.31 Å². The van der Waals surface area contributed by atoms with Crippen molar-refractivity contribution in [3.05, 3.63) is 63.7 Å². The van der Waals surface area contributed by atoms with Crippen LogP contribution in [0.3, 0.4) is 0 Å². The number of thioether (sulfide) groups is 1. The maximum absolute atomic E-state index is 13.2. The van der Waals surface area contributed by atoms with Crippen molar-refractivity contribution in [3.8, 4) is 5.75 Å². The number of methoxy groups -OCH3 is 1. The van der Waals surface area contributed by atoms with Gasteiger partial charge in [0.15, 0.2) is 0 Å². The standard InChI is InChI=1S/C17H18N2O5S2/c1-12-7-8-13(11-15(12)19(20)21)26(22,23)18-9-10-25-17(18)14-5-3-4-6-16(14)24-2/h3-8,11,17H,9-10H2,1-2H3/t17-/m0/s1. The van der Waals surface area contributed by atoms with Crippen LogP contribution in [0.15, 0.2) is 47.4 Å². The van der Waals surface area contributed by atoms with Crippen molar-refractivity contribution in [1.29, 1.82) is 0 Å². The van der Waals surface area contributed by atoms with E-state index >= 15 is 0 Å². The molecule has 0 spiro atoms. The van der Waals surface area contributed by atoms with Gasteiger partial charge < -0.3 is 4.74 Å². The average molecular weight is 394 g/mol. The van der Waals surface area contributed by atoms with E-state index in [9.17, 15) is 18.5 Å². The summed E-state index contributed by atoms with van der Waals surface area (Å²) in [5.74, 6) is 1.25. The first-order valence-electron chi connectivity index (χ1n) is 7.87. The van der Waals surface area contributed by atoms with Gasteiger partial charge in [-0.25, -0.2) is 8.42 Å². The molecular formula is C17H18N2O5S2. The van der Waals surface area contributed by atoms with Crippen LogP contribution in [0.25, 0.3) is 0 Å². The first kappa shape index (κ1) is 18.7. The molecule has 0 unspecified atom stereocenters. The van der Waals surface area contributed by atoms with Crippen LogP contribution >= 0.6 is 11.8 Å². The van der Waals surface area contributed by atoms with Crippen LogP contribution in [-0.2, 0) is 10.0 Å². The Morgan fingerprint density at radius 3 is 2.69 bits per heavy atom. The van der Waals surface area contributed by atoms with Crippen molar-refractivity contribution in [2.75, 3.05) is 19.4 Å². The van der Waals surface area contributed by atoms with Gasteiger partial charge in [-0.3, -0.25) is 10.1 Å². The van der Waals surface area contributed by atoms with Gasteiger partial charge >= 0.3 is 0 Å². The van der Waals surface area contributed by atoms with Gasteiger partial charge in [-0.2, -0.15) is 4.31 Å². The molecule has 7 nitrogen and oxygen atoms in total. The Bertz CT molecular complexity index is 946. The number of para-hydroxylation sites is 1. The number of aryl methyl sites for hydroxylation is 1. The minimum absolute atomic E-state index is 0.0720. The average Bonchev–Trinajstić information content (AvgIpc) is 3.12. The van der Waals surface area contributed by atoms with Crippen LogP contribution in [0, 0.1) is 17.0 Å². The zero-order valence-electron chi connectivity index (χ0n) is 14.3. The smallest absolute Gasteiger partial charge is 0.273 e. The predicted molar refractivity (Wildman–Crippen MR) is 99.9 cm³/mol. The Morgan fingerprint density at radius 2 is 2.00 bits per heavy atom. The number of hydrogen-bond acceptors (Lipinski definition) is 6. The van der Waals surface area contributed by atoms with Crippen molar-refractivity contribution in [2.45, 2.75) is 17.2 Å². The third kappa shape index (κ3) is 3.29. The third-order valence-corrected chi connectivity index (χ3v) is 7.47. The fraction of sp³-hybridized carbons (Fsp3) is 0.294. The minimum atomic E-state index is -3.88. The molecule has 0 aliphatic carbocycles. The molecule has 0 N–H and O–H groups in total. The molecule has 26 heavy (non-hydrogen) atoms. The molecule has 1 aliphatic heterocycles. The SMILES string of the molecule is COc1ccccc1[C@@H]1SCCN1S(=O)(=O)c1ccc(C)c([N+](=O)[O-])c1. The molecule has 2 aromatic rings. The molecule has 0 amide bonds. The van der Waals surface area contributed by atoms with E-state index in [1.54, 1.807) is 20.1 Å². The van der Waals surface area contributed by atoms with Crippen molar-refractivity contribution >= 4 is 27.5 Å². The highest BCUT2D eigenvalue weighted by molar-refractivity contribution is 8.01. The molecule has 1 fully saturated rings. The number of nitrogens with zero attached hydrogens (tertiary/aromatic N) is 2. The third-order valence-electron chi connectivity index (χ3n) is 4.24. The second kappa shape index (κ2) is 7.26. The molecule has 0 bridgehead atoms. The highest BCUT2D eigenvalue weighted by atomic mass is 32.2. The van der Waals surface area contributed by atoms with E-state index in [0.717, 1.165) is 11.6 Å². The van der Waals surface area contributed by atoms with Gasteiger partial charge in [0.1, 0.15) is 5.75 Å². The molecule has 1 aliphatic rings. The van der Waals surface area contributed by atoms with Crippen LogP contribution in [0.5, 0.6) is 5.75 Å². The number of hydrogen-bond donors (Lipinski definition) is 0. The number of nitro benzene ring substituents is 1. The molecule has 1 heterocycles. The van der Waals surface area contributed by atoms with Crippen LogP contribution in [-0.4, -0.2) is 37.1 Å². The lowest BCUT2D eigenvalue weighted by Gasteiger charge is -2.24. The highest BCUT2D eigenvalue weighted by Crippen LogP contribution is 2.44. The lowest BCUT2D eigenvalue weighted by molar-refractivity contribution is -0.385. The predicted octanol–water partition coefficient (Wildman–Crippen LogP) is 3.35. The molecular weight excluding hydrogens is 376 g/mol. The molecule has 0 radical (unpaired) electrons. The first-order chi connectivity index (χ1) is 12.4. The molecule has 3 rings (SSSR count). The summed E-state index contributed by atoms with van der Waals surface area (Å²) in [4.78, 5) is 10.5. The first-order valence-corrected chi connectivity index (χ1v) is 10.4. The van der Waals surface area contributed by atoms with Gasteiger partial charge in [-0.1, -0.05) is 24.3 Å². The van der Waals surface area contributed by atoms with E-state index in [2.05, 4.69) is 0 Å². The quantitative estimate of drug-likeness (QED) is 0.571. The molecule has 2 aromatic carbocycles. The summed E-state index contributed by atoms with van der Waals surface area (Å²) in [5, 5.41) is 10.7. The minimum Gasteiger partial charge on any atom is -0.496 e. The second-order valence-electron chi connectivity index (χ2n) is 5.79. The zero-order valence-corrected chi connectivity index (χ0v) is 15.9. The van der Waals surface area contributed by atoms with Crippen LogP contribution in [0.2, 0.25) is 0 Å². The van der Waals surface area contributed by atoms with Gasteiger partial charge in [-0.15, -0.1) is 11.8 Å². The summed E-state index contributed by atoms with van der Waals surface area (Å²) in [5.41, 5.74) is 0.987. The van der Waals surface area contributed by atoms with Crippen molar-refractivity contribution in [2.24, 2.45) is 0 Å². The molecule has 9 heteroatoms. The lowest BCUT2D eigenvalue weighted by Crippen LogP contribution is -2.30. The van der Waals surface area contributed by atoms with Gasteiger partial charge in [0.05, 0.1) is 22.3 Å². The summed E-state index contributed by atoms with van der Waals surface area (Å²) in [6.45, 7) is 1.91. The van der Waals surface area contributed by atoms with E-state index in [4.69, 9.17) is 4.74 Å². The van der Waals surface area contributed by atoms with Crippen LogP contribution in [0.4, 0.5) is 5.69 Å². The van der Waals surface area contributed by atoms with E-state index in [-0.39, 0.29) is 10.6 Å². The molecule has 1 saturated heterocycles.